The zero-order valence-corrected chi connectivity index (χ0v) is 18.2. The number of methoxy groups -OCH3 is 1. The highest BCUT2D eigenvalue weighted by Crippen LogP contribution is 2.27. The molecule has 1 unspecified atom stereocenters. The van der Waals surface area contributed by atoms with Crippen molar-refractivity contribution in [3.63, 3.8) is 0 Å². The first-order valence-electron chi connectivity index (χ1n) is 9.55. The lowest BCUT2D eigenvalue weighted by Crippen LogP contribution is -2.48. The molecule has 0 aromatic heterocycles. The summed E-state index contributed by atoms with van der Waals surface area (Å²) >= 11 is 5.85. The molecular formula is C22H26ClN3O4. The number of hydrogen-bond donors (Lipinski definition) is 2. The van der Waals surface area contributed by atoms with E-state index >= 15 is 0 Å². The molecule has 2 amide bonds. The molecule has 0 fully saturated rings. The average molecular weight is 432 g/mol. The Morgan fingerprint density at radius 3 is 2.43 bits per heavy atom. The van der Waals surface area contributed by atoms with Crippen LogP contribution in [0.15, 0.2) is 47.6 Å². The lowest BCUT2D eigenvalue weighted by Gasteiger charge is -2.20. The van der Waals surface area contributed by atoms with Gasteiger partial charge in [-0.2, -0.15) is 5.10 Å². The van der Waals surface area contributed by atoms with Crippen LogP contribution in [0.25, 0.3) is 0 Å². The van der Waals surface area contributed by atoms with E-state index in [4.69, 9.17) is 21.1 Å². The first-order valence-corrected chi connectivity index (χ1v) is 9.93. The van der Waals surface area contributed by atoms with E-state index in [2.05, 4.69) is 15.8 Å². The Labute approximate surface area is 181 Å². The van der Waals surface area contributed by atoms with E-state index in [1.807, 2.05) is 20.8 Å². The molecule has 2 rings (SSSR count). The molecule has 0 aliphatic heterocycles. The fourth-order valence-electron chi connectivity index (χ4n) is 2.64. The maximum atomic E-state index is 12.6. The van der Waals surface area contributed by atoms with Crippen molar-refractivity contribution in [2.45, 2.75) is 26.8 Å². The highest BCUT2D eigenvalue weighted by molar-refractivity contribution is 6.30. The van der Waals surface area contributed by atoms with E-state index in [0.29, 0.717) is 28.7 Å². The second-order valence-corrected chi connectivity index (χ2v) is 7.22. The topological polar surface area (TPSA) is 89.0 Å². The van der Waals surface area contributed by atoms with Crippen LogP contribution in [0.1, 0.15) is 36.7 Å². The van der Waals surface area contributed by atoms with Gasteiger partial charge in [-0.15, -0.1) is 0 Å². The number of hydrogen-bond acceptors (Lipinski definition) is 5. The lowest BCUT2D eigenvalue weighted by atomic mass is 10.0. The summed E-state index contributed by atoms with van der Waals surface area (Å²) in [5, 5.41) is 7.27. The van der Waals surface area contributed by atoms with Crippen molar-refractivity contribution in [1.82, 2.24) is 10.7 Å². The maximum absolute atomic E-state index is 12.6. The van der Waals surface area contributed by atoms with Gasteiger partial charge in [-0.1, -0.05) is 25.4 Å². The minimum Gasteiger partial charge on any atom is -0.493 e. The number of carbonyl (C=O) groups excluding carboxylic acids is 2. The molecule has 0 heterocycles. The first-order chi connectivity index (χ1) is 14.3. The van der Waals surface area contributed by atoms with Crippen molar-refractivity contribution in [2.75, 3.05) is 13.7 Å². The van der Waals surface area contributed by atoms with Crippen LogP contribution in [0.4, 0.5) is 0 Å². The predicted molar refractivity (Wildman–Crippen MR) is 117 cm³/mol. The van der Waals surface area contributed by atoms with E-state index in [-0.39, 0.29) is 11.8 Å². The largest absolute Gasteiger partial charge is 0.493 e. The van der Waals surface area contributed by atoms with Gasteiger partial charge in [0, 0.05) is 10.6 Å². The highest BCUT2D eigenvalue weighted by Gasteiger charge is 2.24. The van der Waals surface area contributed by atoms with Crippen LogP contribution in [0.2, 0.25) is 5.02 Å². The summed E-state index contributed by atoms with van der Waals surface area (Å²) in [6, 6.07) is 11.0. The van der Waals surface area contributed by atoms with E-state index in [0.717, 1.165) is 5.56 Å². The molecule has 0 bridgehead atoms. The molecule has 0 aliphatic carbocycles. The summed E-state index contributed by atoms with van der Waals surface area (Å²) < 4.78 is 10.8. The van der Waals surface area contributed by atoms with Crippen molar-refractivity contribution in [3.05, 3.63) is 58.6 Å². The van der Waals surface area contributed by atoms with Gasteiger partial charge in [-0.3, -0.25) is 9.59 Å². The van der Waals surface area contributed by atoms with Gasteiger partial charge in [0.2, 0.25) is 0 Å². The summed E-state index contributed by atoms with van der Waals surface area (Å²) in [6.07, 6.45) is 1.50. The fraction of sp³-hybridized carbons (Fsp3) is 0.318. The Balaban J connectivity index is 2.03. The molecule has 2 N–H and O–H groups in total. The van der Waals surface area contributed by atoms with Gasteiger partial charge >= 0.3 is 0 Å². The number of halogens is 1. The Morgan fingerprint density at radius 2 is 1.83 bits per heavy atom. The minimum absolute atomic E-state index is 0.137. The number of carbonyl (C=O) groups is 2. The molecule has 1 atom stereocenters. The summed E-state index contributed by atoms with van der Waals surface area (Å²) in [7, 11) is 1.57. The smallest absolute Gasteiger partial charge is 0.262 e. The summed E-state index contributed by atoms with van der Waals surface area (Å²) in [6.45, 7) is 6.06. The molecule has 0 saturated carbocycles. The van der Waals surface area contributed by atoms with Gasteiger partial charge in [0.15, 0.2) is 11.5 Å². The van der Waals surface area contributed by atoms with Crippen LogP contribution < -0.4 is 20.2 Å². The predicted octanol–water partition coefficient (Wildman–Crippen LogP) is 3.65. The molecule has 8 heteroatoms. The third-order valence-electron chi connectivity index (χ3n) is 4.22. The van der Waals surface area contributed by atoms with Crippen LogP contribution in [0.3, 0.4) is 0 Å². The molecule has 0 saturated heterocycles. The molecule has 0 spiro atoms. The maximum Gasteiger partial charge on any atom is 0.262 e. The number of rotatable bonds is 9. The fourth-order valence-corrected chi connectivity index (χ4v) is 2.77. The van der Waals surface area contributed by atoms with Crippen LogP contribution in [0.5, 0.6) is 11.5 Å². The van der Waals surface area contributed by atoms with Gasteiger partial charge in [0.1, 0.15) is 6.04 Å². The summed E-state index contributed by atoms with van der Waals surface area (Å²) in [4.78, 5) is 25.0. The number of hydrazone groups is 1. The highest BCUT2D eigenvalue weighted by atomic mass is 35.5. The zero-order valence-electron chi connectivity index (χ0n) is 17.4. The number of amides is 2. The second-order valence-electron chi connectivity index (χ2n) is 6.78. The SMILES string of the molecule is CCOc1cc(/C=N\NC(=O)C(NC(=O)c2ccc(Cl)cc2)C(C)C)ccc1OC. The van der Waals surface area contributed by atoms with Gasteiger partial charge < -0.3 is 14.8 Å². The van der Waals surface area contributed by atoms with Crippen molar-refractivity contribution in [2.24, 2.45) is 11.0 Å². The molecule has 30 heavy (non-hydrogen) atoms. The van der Waals surface area contributed by atoms with Crippen molar-refractivity contribution in [3.8, 4) is 11.5 Å². The quantitative estimate of drug-likeness (QED) is 0.468. The van der Waals surface area contributed by atoms with E-state index in [1.54, 1.807) is 49.6 Å². The third-order valence-corrected chi connectivity index (χ3v) is 4.47. The van der Waals surface area contributed by atoms with Crippen molar-refractivity contribution < 1.29 is 19.1 Å². The van der Waals surface area contributed by atoms with Gasteiger partial charge in [-0.05, 0) is 60.9 Å². The molecular weight excluding hydrogens is 406 g/mol. The van der Waals surface area contributed by atoms with Crippen LogP contribution in [-0.4, -0.2) is 37.8 Å². The van der Waals surface area contributed by atoms with Crippen LogP contribution >= 0.6 is 11.6 Å². The Kier molecular flexibility index (Phi) is 8.68. The minimum atomic E-state index is -0.750. The van der Waals surface area contributed by atoms with Crippen LogP contribution in [0, 0.1) is 5.92 Å². The van der Waals surface area contributed by atoms with Gasteiger partial charge in [0.05, 0.1) is 19.9 Å². The number of ether oxygens (including phenoxy) is 2. The Bertz CT molecular complexity index is 898. The Morgan fingerprint density at radius 1 is 1.13 bits per heavy atom. The molecule has 0 radical (unpaired) electrons. The summed E-state index contributed by atoms with van der Waals surface area (Å²) in [5.41, 5.74) is 3.63. The number of benzene rings is 2. The van der Waals surface area contributed by atoms with Crippen molar-refractivity contribution in [1.29, 1.82) is 0 Å². The Hall–Kier alpha value is -3.06. The second kappa shape index (κ2) is 11.2. The molecule has 160 valence electrons. The normalized spacial score (nSPS) is 11.9. The van der Waals surface area contributed by atoms with Crippen LogP contribution in [-0.2, 0) is 4.79 Å². The number of nitrogens with zero attached hydrogens (tertiary/aromatic N) is 1. The van der Waals surface area contributed by atoms with E-state index in [9.17, 15) is 9.59 Å². The molecule has 2 aromatic carbocycles. The summed E-state index contributed by atoms with van der Waals surface area (Å²) in [5.74, 6) is 0.290. The van der Waals surface area contributed by atoms with E-state index < -0.39 is 11.9 Å². The average Bonchev–Trinajstić information content (AvgIpc) is 2.72. The first kappa shape index (κ1) is 23.2. The molecule has 0 aliphatic rings. The van der Waals surface area contributed by atoms with Crippen molar-refractivity contribution >= 4 is 29.6 Å². The van der Waals surface area contributed by atoms with Gasteiger partial charge in [0.25, 0.3) is 11.8 Å². The molecule has 7 nitrogen and oxygen atoms in total. The lowest BCUT2D eigenvalue weighted by molar-refractivity contribution is -0.123. The number of nitrogens with one attached hydrogen (secondary N) is 2. The monoisotopic (exact) mass is 431 g/mol. The molecule has 2 aromatic rings. The van der Waals surface area contributed by atoms with Gasteiger partial charge in [-0.25, -0.2) is 5.43 Å². The zero-order chi connectivity index (χ0) is 22.1. The third kappa shape index (κ3) is 6.49. The standard InChI is InChI=1S/C22H26ClN3O4/c1-5-30-19-12-15(6-11-18(19)29-4)13-24-26-22(28)20(14(2)3)25-21(27)16-7-9-17(23)10-8-16/h6-14,20H,5H2,1-4H3,(H,25,27)(H,26,28)/b24-13-. The van der Waals surface area contributed by atoms with E-state index in [1.165, 1.54) is 6.21 Å².